The maximum absolute atomic E-state index is 11.2. The summed E-state index contributed by atoms with van der Waals surface area (Å²) in [5.74, 6) is 0.596. The lowest BCUT2D eigenvalue weighted by molar-refractivity contribution is 0.0995. The van der Waals surface area contributed by atoms with Crippen molar-refractivity contribution < 1.29 is 14.6 Å². The molecule has 0 amide bonds. The van der Waals surface area contributed by atoms with E-state index in [1.807, 2.05) is 36.4 Å². The average molecular weight is 366 g/mol. The number of rotatable bonds is 9. The molecule has 3 N–H and O–H groups in total. The van der Waals surface area contributed by atoms with E-state index in [0.29, 0.717) is 17.9 Å². The third kappa shape index (κ3) is 4.96. The monoisotopic (exact) mass is 366 g/mol. The number of aliphatic hydroxyl groups excluding tert-OH is 1. The molecular formula is C22H26N2O3. The number of fused-ring (bicyclic) bond motifs is 1. The molecule has 5 nitrogen and oxygen atoms in total. The molecule has 0 aliphatic heterocycles. The lowest BCUT2D eigenvalue weighted by Crippen LogP contribution is -2.46. The highest BCUT2D eigenvalue weighted by molar-refractivity contribution is 6.00. The molecule has 142 valence electrons. The number of carbonyl (C=O) groups is 1. The number of hydrogen-bond acceptors (Lipinski definition) is 4. The summed E-state index contributed by atoms with van der Waals surface area (Å²) in [7, 11) is 0. The van der Waals surface area contributed by atoms with Crippen molar-refractivity contribution in [2.75, 3.05) is 13.2 Å². The number of aldehydes is 1. The number of nitrogens with one attached hydrogen (secondary N) is 2. The molecule has 0 saturated carbocycles. The molecule has 27 heavy (non-hydrogen) atoms. The number of aromatic amines is 1. The van der Waals surface area contributed by atoms with Crippen LogP contribution in [0.25, 0.3) is 10.9 Å². The second-order valence-electron chi connectivity index (χ2n) is 7.43. The Bertz CT molecular complexity index is 887. The Morgan fingerprint density at radius 3 is 2.70 bits per heavy atom. The Hall–Kier alpha value is -2.63. The number of carbonyl (C=O) groups excluding carboxylic acids is 1. The SMILES string of the molecule is CC(C)(Cc1ccccc1)NCC(O)COc1cccc2[nH]cc(C=O)c12. The lowest BCUT2D eigenvalue weighted by atomic mass is 9.95. The van der Waals surface area contributed by atoms with Crippen molar-refractivity contribution in [3.05, 3.63) is 65.9 Å². The fraction of sp³-hybridized carbons (Fsp3) is 0.318. The summed E-state index contributed by atoms with van der Waals surface area (Å²) in [4.78, 5) is 14.2. The van der Waals surface area contributed by atoms with Gasteiger partial charge in [-0.2, -0.15) is 0 Å². The third-order valence-corrected chi connectivity index (χ3v) is 4.56. The molecule has 1 atom stereocenters. The van der Waals surface area contributed by atoms with Crippen molar-refractivity contribution in [2.24, 2.45) is 0 Å². The van der Waals surface area contributed by atoms with Crippen molar-refractivity contribution in [2.45, 2.75) is 31.9 Å². The molecule has 5 heteroatoms. The molecule has 0 radical (unpaired) electrons. The van der Waals surface area contributed by atoms with Gasteiger partial charge in [-0.05, 0) is 38.0 Å². The summed E-state index contributed by atoms with van der Waals surface area (Å²) >= 11 is 0. The van der Waals surface area contributed by atoms with Gasteiger partial charge in [0.2, 0.25) is 0 Å². The van der Waals surface area contributed by atoms with E-state index in [-0.39, 0.29) is 12.1 Å². The first-order valence-corrected chi connectivity index (χ1v) is 9.13. The number of aliphatic hydroxyl groups is 1. The summed E-state index contributed by atoms with van der Waals surface area (Å²) in [5.41, 5.74) is 2.50. The molecule has 0 aliphatic rings. The van der Waals surface area contributed by atoms with Gasteiger partial charge in [-0.25, -0.2) is 0 Å². The van der Waals surface area contributed by atoms with Crippen LogP contribution in [0.2, 0.25) is 0 Å². The van der Waals surface area contributed by atoms with Gasteiger partial charge in [0.15, 0.2) is 6.29 Å². The van der Waals surface area contributed by atoms with E-state index in [1.165, 1.54) is 5.56 Å². The number of aromatic nitrogens is 1. The maximum Gasteiger partial charge on any atom is 0.152 e. The lowest BCUT2D eigenvalue weighted by Gasteiger charge is -2.28. The number of β-amino-alcohol motifs (C(OH)–C–C–N with tert-alkyl or cyclic N) is 1. The fourth-order valence-corrected chi connectivity index (χ4v) is 3.20. The Morgan fingerprint density at radius 1 is 1.19 bits per heavy atom. The predicted octanol–water partition coefficient (Wildman–Crippen LogP) is 3.33. The third-order valence-electron chi connectivity index (χ3n) is 4.56. The number of ether oxygens (including phenoxy) is 1. The minimum Gasteiger partial charge on any atom is -0.490 e. The number of hydrogen-bond donors (Lipinski definition) is 3. The van der Waals surface area contributed by atoms with Gasteiger partial charge < -0.3 is 20.1 Å². The smallest absolute Gasteiger partial charge is 0.152 e. The largest absolute Gasteiger partial charge is 0.490 e. The van der Waals surface area contributed by atoms with Gasteiger partial charge in [0.05, 0.1) is 5.39 Å². The Morgan fingerprint density at radius 2 is 1.96 bits per heavy atom. The van der Waals surface area contributed by atoms with Crippen LogP contribution in [0.3, 0.4) is 0 Å². The molecule has 3 rings (SSSR count). The van der Waals surface area contributed by atoms with Crippen LogP contribution < -0.4 is 10.1 Å². The molecular weight excluding hydrogens is 340 g/mol. The Labute approximate surface area is 159 Å². The zero-order valence-electron chi connectivity index (χ0n) is 15.7. The standard InChI is InChI=1S/C22H26N2O3/c1-22(2,11-16-7-4-3-5-8-16)24-13-18(26)15-27-20-10-6-9-19-21(20)17(14-25)12-23-19/h3-10,12,14,18,23-24,26H,11,13,15H2,1-2H3. The Balaban J connectivity index is 1.55. The molecule has 3 aromatic rings. The van der Waals surface area contributed by atoms with E-state index in [0.717, 1.165) is 23.6 Å². The number of benzene rings is 2. The second-order valence-corrected chi connectivity index (χ2v) is 7.43. The topological polar surface area (TPSA) is 74.3 Å². The fourth-order valence-electron chi connectivity index (χ4n) is 3.20. The van der Waals surface area contributed by atoms with Crippen LogP contribution in [-0.4, -0.2) is 41.2 Å². The minimum absolute atomic E-state index is 0.145. The van der Waals surface area contributed by atoms with Crippen LogP contribution in [0.5, 0.6) is 5.75 Å². The van der Waals surface area contributed by atoms with Crippen LogP contribution in [0.4, 0.5) is 0 Å². The zero-order valence-corrected chi connectivity index (χ0v) is 15.7. The molecule has 0 bridgehead atoms. The van der Waals surface area contributed by atoms with Gasteiger partial charge in [0.1, 0.15) is 18.5 Å². The van der Waals surface area contributed by atoms with Crippen molar-refractivity contribution >= 4 is 17.2 Å². The molecule has 0 spiro atoms. The Kier molecular flexibility index (Phi) is 5.94. The van der Waals surface area contributed by atoms with Gasteiger partial charge in [-0.3, -0.25) is 4.79 Å². The molecule has 2 aromatic carbocycles. The van der Waals surface area contributed by atoms with Gasteiger partial charge in [-0.15, -0.1) is 0 Å². The van der Waals surface area contributed by atoms with Gasteiger partial charge in [-0.1, -0.05) is 36.4 Å². The molecule has 0 fully saturated rings. The van der Waals surface area contributed by atoms with Gasteiger partial charge in [0, 0.05) is 29.4 Å². The van der Waals surface area contributed by atoms with E-state index in [4.69, 9.17) is 4.74 Å². The highest BCUT2D eigenvalue weighted by Crippen LogP contribution is 2.28. The van der Waals surface area contributed by atoms with Crippen LogP contribution >= 0.6 is 0 Å². The van der Waals surface area contributed by atoms with Gasteiger partial charge in [0.25, 0.3) is 0 Å². The van der Waals surface area contributed by atoms with E-state index in [9.17, 15) is 9.90 Å². The van der Waals surface area contributed by atoms with Crippen LogP contribution in [0.1, 0.15) is 29.8 Å². The van der Waals surface area contributed by atoms with Crippen molar-refractivity contribution in [1.29, 1.82) is 0 Å². The van der Waals surface area contributed by atoms with Crippen molar-refractivity contribution in [3.8, 4) is 5.75 Å². The minimum atomic E-state index is -0.658. The van der Waals surface area contributed by atoms with Crippen molar-refractivity contribution in [3.63, 3.8) is 0 Å². The average Bonchev–Trinajstić information content (AvgIpc) is 3.09. The molecule has 1 aromatic heterocycles. The first-order valence-electron chi connectivity index (χ1n) is 9.13. The maximum atomic E-state index is 11.2. The highest BCUT2D eigenvalue weighted by atomic mass is 16.5. The quantitative estimate of drug-likeness (QED) is 0.508. The molecule has 0 saturated heterocycles. The van der Waals surface area contributed by atoms with Crippen LogP contribution in [0, 0.1) is 0 Å². The zero-order chi connectivity index (χ0) is 19.3. The summed E-state index contributed by atoms with van der Waals surface area (Å²) in [6.45, 7) is 4.80. The van der Waals surface area contributed by atoms with E-state index >= 15 is 0 Å². The van der Waals surface area contributed by atoms with Gasteiger partial charge >= 0.3 is 0 Å². The number of H-pyrrole nitrogens is 1. The summed E-state index contributed by atoms with van der Waals surface area (Å²) < 4.78 is 5.80. The highest BCUT2D eigenvalue weighted by Gasteiger charge is 2.19. The summed E-state index contributed by atoms with van der Waals surface area (Å²) in [6, 6.07) is 15.8. The molecule has 1 heterocycles. The first-order chi connectivity index (χ1) is 13.0. The second kappa shape index (κ2) is 8.37. The van der Waals surface area contributed by atoms with Crippen molar-refractivity contribution in [1.82, 2.24) is 10.3 Å². The van der Waals surface area contributed by atoms with Crippen LogP contribution in [-0.2, 0) is 6.42 Å². The molecule has 0 aliphatic carbocycles. The van der Waals surface area contributed by atoms with Crippen LogP contribution in [0.15, 0.2) is 54.7 Å². The first kappa shape index (κ1) is 19.1. The predicted molar refractivity (Wildman–Crippen MR) is 107 cm³/mol. The summed E-state index contributed by atoms with van der Waals surface area (Å²) in [5, 5.41) is 14.5. The normalized spacial score (nSPS) is 12.9. The summed E-state index contributed by atoms with van der Waals surface area (Å²) in [6.07, 6.45) is 2.67. The van der Waals surface area contributed by atoms with E-state index in [2.05, 4.69) is 36.3 Å². The van der Waals surface area contributed by atoms with E-state index in [1.54, 1.807) is 6.20 Å². The van der Waals surface area contributed by atoms with E-state index < -0.39 is 6.10 Å². The molecule has 1 unspecified atom stereocenters.